The molecule has 0 aromatic carbocycles. The van der Waals surface area contributed by atoms with Gasteiger partial charge in [-0.1, -0.05) is 13.8 Å². The van der Waals surface area contributed by atoms with Gasteiger partial charge in [-0.15, -0.1) is 0 Å². The van der Waals surface area contributed by atoms with Crippen LogP contribution in [0.4, 0.5) is 0 Å². The van der Waals surface area contributed by atoms with E-state index in [1.165, 1.54) is 44.9 Å². The van der Waals surface area contributed by atoms with Gasteiger partial charge in [-0.05, 0) is 63.8 Å². The molecule has 0 bridgehead atoms. The summed E-state index contributed by atoms with van der Waals surface area (Å²) in [6.45, 7) is 4.85. The van der Waals surface area contributed by atoms with E-state index in [9.17, 15) is 0 Å². The summed E-state index contributed by atoms with van der Waals surface area (Å²) in [5.41, 5.74) is 6.00. The van der Waals surface area contributed by atoms with Crippen LogP contribution in [0.1, 0.15) is 58.8 Å². The van der Waals surface area contributed by atoms with Gasteiger partial charge in [0, 0.05) is 18.1 Å². The van der Waals surface area contributed by atoms with Crippen molar-refractivity contribution < 1.29 is 0 Å². The van der Waals surface area contributed by atoms with E-state index >= 15 is 0 Å². The Hall–Kier alpha value is -0.0800. The summed E-state index contributed by atoms with van der Waals surface area (Å²) < 4.78 is 0. The minimum Gasteiger partial charge on any atom is -0.328 e. The van der Waals surface area contributed by atoms with Crippen LogP contribution in [-0.4, -0.2) is 30.1 Å². The Kier molecular flexibility index (Phi) is 4.48. The molecule has 0 amide bonds. The van der Waals surface area contributed by atoms with Crippen molar-refractivity contribution in [2.24, 2.45) is 17.6 Å². The van der Waals surface area contributed by atoms with Crippen LogP contribution in [0.15, 0.2) is 0 Å². The molecule has 2 rings (SSSR count). The van der Waals surface area contributed by atoms with Gasteiger partial charge in [-0.25, -0.2) is 0 Å². The standard InChI is InChI=1S/C15H30N2/c1-11-4-7-15(10-12(11)2)17(3)14-8-5-13(16)6-9-14/h11-15H,4-10,16H2,1-3H3. The van der Waals surface area contributed by atoms with Crippen molar-refractivity contribution in [3.05, 3.63) is 0 Å². The number of nitrogens with two attached hydrogens (primary N) is 1. The predicted molar refractivity (Wildman–Crippen MR) is 74.0 cm³/mol. The average Bonchev–Trinajstić information content (AvgIpc) is 2.33. The Balaban J connectivity index is 1.85. The molecule has 2 aliphatic rings. The Labute approximate surface area is 107 Å². The highest BCUT2D eigenvalue weighted by molar-refractivity contribution is 4.87. The van der Waals surface area contributed by atoms with Gasteiger partial charge in [0.1, 0.15) is 0 Å². The lowest BCUT2D eigenvalue weighted by Crippen LogP contribution is -2.46. The van der Waals surface area contributed by atoms with Crippen molar-refractivity contribution in [1.29, 1.82) is 0 Å². The molecule has 2 nitrogen and oxygen atoms in total. The summed E-state index contributed by atoms with van der Waals surface area (Å²) in [6.07, 6.45) is 9.32. The summed E-state index contributed by atoms with van der Waals surface area (Å²) >= 11 is 0. The molecule has 2 saturated carbocycles. The molecule has 0 saturated heterocycles. The lowest BCUT2D eigenvalue weighted by Gasteiger charge is -2.43. The summed E-state index contributed by atoms with van der Waals surface area (Å²) in [4.78, 5) is 2.69. The van der Waals surface area contributed by atoms with E-state index < -0.39 is 0 Å². The number of hydrogen-bond acceptors (Lipinski definition) is 2. The lowest BCUT2D eigenvalue weighted by atomic mass is 9.78. The van der Waals surface area contributed by atoms with Gasteiger partial charge >= 0.3 is 0 Å². The zero-order chi connectivity index (χ0) is 12.4. The van der Waals surface area contributed by atoms with E-state index in [0.717, 1.165) is 23.9 Å². The third kappa shape index (κ3) is 3.23. The van der Waals surface area contributed by atoms with E-state index in [1.807, 2.05) is 0 Å². The SMILES string of the molecule is CC1CCC(N(C)C2CCC(N)CC2)CC1C. The van der Waals surface area contributed by atoms with Crippen LogP contribution in [0.2, 0.25) is 0 Å². The van der Waals surface area contributed by atoms with Gasteiger partial charge < -0.3 is 10.6 Å². The van der Waals surface area contributed by atoms with Crippen LogP contribution in [0, 0.1) is 11.8 Å². The number of nitrogens with zero attached hydrogens (tertiary/aromatic N) is 1. The second-order valence-corrected chi connectivity index (χ2v) is 6.66. The fraction of sp³-hybridized carbons (Fsp3) is 1.00. The zero-order valence-electron chi connectivity index (χ0n) is 11.9. The normalized spacial score (nSPS) is 43.9. The van der Waals surface area contributed by atoms with E-state index in [0.29, 0.717) is 6.04 Å². The summed E-state index contributed by atoms with van der Waals surface area (Å²) in [5, 5.41) is 0. The molecule has 0 aromatic rings. The van der Waals surface area contributed by atoms with Gasteiger partial charge in [0.15, 0.2) is 0 Å². The molecule has 0 radical (unpaired) electrons. The monoisotopic (exact) mass is 238 g/mol. The van der Waals surface area contributed by atoms with Crippen LogP contribution >= 0.6 is 0 Å². The molecule has 0 aromatic heterocycles. The predicted octanol–water partition coefficient (Wildman–Crippen LogP) is 3.01. The van der Waals surface area contributed by atoms with E-state index in [2.05, 4.69) is 25.8 Å². The highest BCUT2D eigenvalue weighted by atomic mass is 15.2. The maximum Gasteiger partial charge on any atom is 0.00978 e. The first-order valence-electron chi connectivity index (χ1n) is 7.55. The third-order valence-electron chi connectivity index (χ3n) is 5.46. The molecule has 0 aliphatic heterocycles. The smallest absolute Gasteiger partial charge is 0.00978 e. The summed E-state index contributed by atoms with van der Waals surface area (Å²) in [5.74, 6) is 1.83. The second kappa shape index (κ2) is 5.71. The molecule has 2 aliphatic carbocycles. The topological polar surface area (TPSA) is 29.3 Å². The van der Waals surface area contributed by atoms with E-state index in [4.69, 9.17) is 5.73 Å². The van der Waals surface area contributed by atoms with Crippen molar-refractivity contribution in [3.8, 4) is 0 Å². The van der Waals surface area contributed by atoms with Gasteiger partial charge in [0.25, 0.3) is 0 Å². The first-order chi connectivity index (χ1) is 8.08. The fourth-order valence-electron chi connectivity index (χ4n) is 3.70. The maximum atomic E-state index is 6.00. The molecular formula is C15H30N2. The van der Waals surface area contributed by atoms with Gasteiger partial charge in [-0.2, -0.15) is 0 Å². The lowest BCUT2D eigenvalue weighted by molar-refractivity contribution is 0.0759. The highest BCUT2D eigenvalue weighted by Gasteiger charge is 2.31. The highest BCUT2D eigenvalue weighted by Crippen LogP contribution is 2.34. The summed E-state index contributed by atoms with van der Waals surface area (Å²) in [6, 6.07) is 2.12. The summed E-state index contributed by atoms with van der Waals surface area (Å²) in [7, 11) is 2.36. The number of hydrogen-bond donors (Lipinski definition) is 1. The Bertz CT molecular complexity index is 233. The first kappa shape index (κ1) is 13.4. The van der Waals surface area contributed by atoms with E-state index in [-0.39, 0.29) is 0 Å². The molecule has 3 unspecified atom stereocenters. The average molecular weight is 238 g/mol. The quantitative estimate of drug-likeness (QED) is 0.801. The van der Waals surface area contributed by atoms with Crippen LogP contribution in [0.5, 0.6) is 0 Å². The van der Waals surface area contributed by atoms with Crippen molar-refractivity contribution in [1.82, 2.24) is 4.90 Å². The van der Waals surface area contributed by atoms with Gasteiger partial charge in [0.2, 0.25) is 0 Å². The molecule has 0 heterocycles. The Morgan fingerprint density at radius 2 is 1.41 bits per heavy atom. The van der Waals surface area contributed by atoms with Crippen LogP contribution in [-0.2, 0) is 0 Å². The fourth-order valence-corrected chi connectivity index (χ4v) is 3.70. The molecule has 3 atom stereocenters. The van der Waals surface area contributed by atoms with Gasteiger partial charge in [-0.3, -0.25) is 0 Å². The van der Waals surface area contributed by atoms with E-state index in [1.54, 1.807) is 0 Å². The first-order valence-corrected chi connectivity index (χ1v) is 7.55. The van der Waals surface area contributed by atoms with Crippen molar-refractivity contribution in [2.75, 3.05) is 7.05 Å². The largest absolute Gasteiger partial charge is 0.328 e. The molecule has 2 heteroatoms. The molecular weight excluding hydrogens is 208 g/mol. The van der Waals surface area contributed by atoms with Crippen molar-refractivity contribution >= 4 is 0 Å². The van der Waals surface area contributed by atoms with Gasteiger partial charge in [0.05, 0.1) is 0 Å². The zero-order valence-corrected chi connectivity index (χ0v) is 11.9. The minimum atomic E-state index is 0.477. The second-order valence-electron chi connectivity index (χ2n) is 6.66. The van der Waals surface area contributed by atoms with Crippen LogP contribution in [0.3, 0.4) is 0 Å². The number of rotatable bonds is 2. The van der Waals surface area contributed by atoms with Crippen molar-refractivity contribution in [2.45, 2.75) is 76.9 Å². The van der Waals surface area contributed by atoms with Crippen LogP contribution in [0.25, 0.3) is 0 Å². The Morgan fingerprint density at radius 1 is 0.824 bits per heavy atom. The minimum absolute atomic E-state index is 0.477. The molecule has 2 N–H and O–H groups in total. The third-order valence-corrected chi connectivity index (χ3v) is 5.46. The van der Waals surface area contributed by atoms with Crippen molar-refractivity contribution in [3.63, 3.8) is 0 Å². The van der Waals surface area contributed by atoms with Crippen LogP contribution < -0.4 is 5.73 Å². The molecule has 2 fully saturated rings. The Morgan fingerprint density at radius 3 is 2.00 bits per heavy atom. The molecule has 100 valence electrons. The molecule has 17 heavy (non-hydrogen) atoms. The maximum absolute atomic E-state index is 6.00. The molecule has 0 spiro atoms.